The average Bonchev–Trinajstić information content (AvgIpc) is 2.82. The molecule has 0 saturated heterocycles. The number of hydrogen-bond donors (Lipinski definition) is 1. The van der Waals surface area contributed by atoms with Crippen LogP contribution in [0.2, 0.25) is 0 Å². The highest BCUT2D eigenvalue weighted by Gasteiger charge is 2.50. The lowest BCUT2D eigenvalue weighted by Gasteiger charge is -2.46. The molecule has 0 spiro atoms. The number of amides is 1. The number of quaternary nitrogens is 1. The van der Waals surface area contributed by atoms with Crippen molar-refractivity contribution in [1.29, 1.82) is 0 Å². The van der Waals surface area contributed by atoms with Gasteiger partial charge in [-0.15, -0.1) is 0 Å². The zero-order valence-corrected chi connectivity index (χ0v) is 18.5. The van der Waals surface area contributed by atoms with E-state index in [9.17, 15) is 27.9 Å². The fourth-order valence-corrected chi connectivity index (χ4v) is 5.05. The van der Waals surface area contributed by atoms with Crippen LogP contribution in [0, 0.1) is 0 Å². The molecule has 1 amide bonds. The first kappa shape index (κ1) is 23.7. The molecule has 7 heteroatoms. The molecule has 1 N–H and O–H groups in total. The molecule has 1 aliphatic rings. The Labute approximate surface area is 195 Å². The summed E-state index contributed by atoms with van der Waals surface area (Å²) in [5, 5.41) is 9.22. The number of carbonyl (C=O) groups is 2. The summed E-state index contributed by atoms with van der Waals surface area (Å²) in [7, 11) is 0. The summed E-state index contributed by atoms with van der Waals surface area (Å²) in [5.41, 5.74) is 1.99. The number of hydrogen-bond acceptors (Lipinski definition) is 2. The summed E-state index contributed by atoms with van der Waals surface area (Å²) < 4.78 is 41.3. The van der Waals surface area contributed by atoms with Crippen LogP contribution in [0.25, 0.3) is 0 Å². The third-order valence-corrected chi connectivity index (χ3v) is 6.56. The second-order valence-corrected chi connectivity index (χ2v) is 8.62. The Morgan fingerprint density at radius 3 is 2.24 bits per heavy atom. The van der Waals surface area contributed by atoms with Gasteiger partial charge in [-0.1, -0.05) is 72.8 Å². The quantitative estimate of drug-likeness (QED) is 0.468. The minimum atomic E-state index is -4.57. The van der Waals surface area contributed by atoms with Gasteiger partial charge in [0, 0.05) is 23.1 Å². The van der Waals surface area contributed by atoms with E-state index in [2.05, 4.69) is 0 Å². The molecule has 2 atom stereocenters. The van der Waals surface area contributed by atoms with E-state index in [1.807, 2.05) is 54.6 Å². The van der Waals surface area contributed by atoms with Crippen molar-refractivity contribution in [2.75, 3.05) is 6.54 Å². The highest BCUT2D eigenvalue weighted by atomic mass is 19.4. The van der Waals surface area contributed by atoms with Gasteiger partial charge in [0.25, 0.3) is 0 Å². The molecule has 3 aromatic carbocycles. The lowest BCUT2D eigenvalue weighted by atomic mass is 9.84. The molecule has 0 saturated carbocycles. The molecular formula is C27H25F3NO3+. The molecule has 1 heterocycles. The Morgan fingerprint density at radius 1 is 0.882 bits per heavy atom. The van der Waals surface area contributed by atoms with Crippen molar-refractivity contribution in [2.45, 2.75) is 38.0 Å². The first-order valence-corrected chi connectivity index (χ1v) is 11.1. The Morgan fingerprint density at radius 2 is 1.53 bits per heavy atom. The number of aliphatic carboxylic acids is 1. The highest BCUT2D eigenvalue weighted by molar-refractivity contribution is 5.77. The molecule has 34 heavy (non-hydrogen) atoms. The Bertz CT molecular complexity index is 1190. The molecule has 2 unspecified atom stereocenters. The summed E-state index contributed by atoms with van der Waals surface area (Å²) in [6, 6.07) is 21.7. The van der Waals surface area contributed by atoms with Crippen molar-refractivity contribution in [3.63, 3.8) is 0 Å². The maximum Gasteiger partial charge on any atom is 0.416 e. The molecular weight excluding hydrogens is 443 g/mol. The number of fused-ring (bicyclic) bond motifs is 1. The average molecular weight is 468 g/mol. The number of benzene rings is 3. The molecule has 1 aliphatic heterocycles. The predicted octanol–water partition coefficient (Wildman–Crippen LogP) is 5.76. The van der Waals surface area contributed by atoms with Crippen LogP contribution in [0.5, 0.6) is 0 Å². The van der Waals surface area contributed by atoms with Crippen LogP contribution in [0.15, 0.2) is 78.9 Å². The van der Waals surface area contributed by atoms with Crippen molar-refractivity contribution in [2.24, 2.45) is 0 Å². The second kappa shape index (κ2) is 9.43. The fraction of sp³-hybridized carbons (Fsp3) is 0.259. The molecule has 0 radical (unpaired) electrons. The minimum absolute atomic E-state index is 0.0268. The van der Waals surface area contributed by atoms with Crippen molar-refractivity contribution in [1.82, 2.24) is 0 Å². The van der Waals surface area contributed by atoms with Gasteiger partial charge in [-0.05, 0) is 11.6 Å². The maximum atomic E-state index is 13.9. The molecule has 0 fully saturated rings. The van der Waals surface area contributed by atoms with E-state index in [4.69, 9.17) is 0 Å². The molecule has 0 aromatic heterocycles. The van der Waals surface area contributed by atoms with Gasteiger partial charge in [0.2, 0.25) is 0 Å². The molecule has 0 bridgehead atoms. The normalized spacial score (nSPS) is 19.9. The number of nitrogens with zero attached hydrogens (tertiary/aromatic N) is 1. The third kappa shape index (κ3) is 4.61. The Hall–Kier alpha value is -3.45. The van der Waals surface area contributed by atoms with Crippen molar-refractivity contribution >= 4 is 11.9 Å². The molecule has 0 aliphatic carbocycles. The zero-order valence-electron chi connectivity index (χ0n) is 18.5. The van der Waals surface area contributed by atoms with Gasteiger partial charge >= 0.3 is 18.1 Å². The molecule has 4 nitrogen and oxygen atoms in total. The van der Waals surface area contributed by atoms with E-state index in [1.165, 1.54) is 18.2 Å². The van der Waals surface area contributed by atoms with Crippen molar-refractivity contribution in [3.8, 4) is 0 Å². The minimum Gasteiger partial charge on any atom is -0.481 e. The summed E-state index contributed by atoms with van der Waals surface area (Å²) >= 11 is 0. The van der Waals surface area contributed by atoms with Crippen LogP contribution in [0.3, 0.4) is 0 Å². The van der Waals surface area contributed by atoms with Crippen LogP contribution in [0.4, 0.5) is 13.2 Å². The van der Waals surface area contributed by atoms with Crippen LogP contribution >= 0.6 is 0 Å². The van der Waals surface area contributed by atoms with Gasteiger partial charge in [0.1, 0.15) is 12.6 Å². The smallest absolute Gasteiger partial charge is 0.416 e. The summed E-state index contributed by atoms with van der Waals surface area (Å²) in [6.07, 6.45) is -4.69. The van der Waals surface area contributed by atoms with Gasteiger partial charge < -0.3 is 5.11 Å². The summed E-state index contributed by atoms with van der Waals surface area (Å²) in [5.74, 6) is -1.49. The van der Waals surface area contributed by atoms with E-state index in [0.717, 1.165) is 22.8 Å². The molecule has 3 aromatic rings. The topological polar surface area (TPSA) is 54.4 Å². The highest BCUT2D eigenvalue weighted by Crippen LogP contribution is 2.44. The van der Waals surface area contributed by atoms with Crippen LogP contribution in [0.1, 0.15) is 46.7 Å². The van der Waals surface area contributed by atoms with E-state index < -0.39 is 23.8 Å². The van der Waals surface area contributed by atoms with E-state index >= 15 is 0 Å². The second-order valence-electron chi connectivity index (χ2n) is 8.62. The summed E-state index contributed by atoms with van der Waals surface area (Å²) in [4.78, 5) is 25.1. The van der Waals surface area contributed by atoms with Gasteiger partial charge in [0.05, 0.1) is 24.9 Å². The third-order valence-electron chi connectivity index (χ3n) is 6.56. The van der Waals surface area contributed by atoms with E-state index in [0.29, 0.717) is 6.42 Å². The van der Waals surface area contributed by atoms with Gasteiger partial charge in [-0.3, -0.25) is 4.79 Å². The van der Waals surface area contributed by atoms with Crippen molar-refractivity contribution in [3.05, 3.63) is 107 Å². The van der Waals surface area contributed by atoms with Gasteiger partial charge in [0.15, 0.2) is 0 Å². The zero-order chi connectivity index (χ0) is 24.3. The lowest BCUT2D eigenvalue weighted by molar-refractivity contribution is -0.895. The number of carboxylic acid groups (broad SMARTS) is 1. The van der Waals surface area contributed by atoms with Gasteiger partial charge in [-0.2, -0.15) is 13.2 Å². The lowest BCUT2D eigenvalue weighted by Crippen LogP contribution is -2.58. The van der Waals surface area contributed by atoms with Crippen molar-refractivity contribution < 1.29 is 32.3 Å². The van der Waals surface area contributed by atoms with E-state index in [1.54, 1.807) is 0 Å². The SMILES string of the molecule is O=C(O)CCC(=O)[N+]1(Cc2ccccc2C(F)(F)F)CCc2ccccc2C1c1ccccc1. The molecule has 4 rings (SSSR count). The van der Waals surface area contributed by atoms with Crippen LogP contribution < -0.4 is 0 Å². The first-order valence-electron chi connectivity index (χ1n) is 11.1. The first-order chi connectivity index (χ1) is 16.2. The van der Waals surface area contributed by atoms with Crippen LogP contribution in [-0.4, -0.2) is 28.0 Å². The number of rotatable bonds is 6. The Kier molecular flexibility index (Phi) is 6.57. The standard InChI is InChI=1S/C27H24F3NO3/c28-27(29,30)23-13-7-5-11-21(23)18-31(24(32)14-15-25(33)34)17-16-19-8-4-6-12-22(19)26(31)20-9-2-1-3-10-20/h1-13,26H,14-18H2/p+1. The largest absolute Gasteiger partial charge is 0.481 e. The number of alkyl halides is 3. The van der Waals surface area contributed by atoms with Crippen LogP contribution in [-0.2, 0) is 28.7 Å². The monoisotopic (exact) mass is 468 g/mol. The number of carbonyl (C=O) groups excluding carboxylic acids is 1. The summed E-state index contributed by atoms with van der Waals surface area (Å²) in [6.45, 7) is 0.100. The van der Waals surface area contributed by atoms with E-state index in [-0.39, 0.29) is 41.9 Å². The predicted molar refractivity (Wildman–Crippen MR) is 121 cm³/mol. The van der Waals surface area contributed by atoms with Gasteiger partial charge in [-0.25, -0.2) is 9.28 Å². The maximum absolute atomic E-state index is 13.9. The number of carboxylic acids is 1. The molecule has 176 valence electrons. The Balaban J connectivity index is 1.92. The number of halogens is 3. The fourth-order valence-electron chi connectivity index (χ4n) is 5.05.